The minimum absolute atomic E-state index is 0.0132. The standard InChI is InChI=1S/C84H161NO5/c1-3-5-7-9-11-13-15-17-19-21-22-38-41-45-48-52-56-60-64-68-72-76-82(87)81(80-86)85-83(88)77-73-69-65-61-57-53-49-46-42-39-36-34-32-30-28-26-24-23-25-27-29-31-33-35-37-40-43-47-51-55-59-63-67-71-75-79-90-84(89)78-74-70-66-62-58-54-50-44-20-18-16-14-12-10-8-6-4-2/h12,14,18,20,25,27,81-82,86-87H,3-11,13,15-17,19,21-24,26,28-80H2,1-2H3,(H,85,88)/b14-12-,20-18-,27-25-. The Bertz CT molecular complexity index is 1460. The van der Waals surface area contributed by atoms with E-state index in [1.54, 1.807) is 0 Å². The molecule has 0 bridgehead atoms. The van der Waals surface area contributed by atoms with Crippen molar-refractivity contribution in [3.63, 3.8) is 0 Å². The number of carbonyl (C=O) groups is 2. The summed E-state index contributed by atoms with van der Waals surface area (Å²) in [7, 11) is 0. The third-order valence-electron chi connectivity index (χ3n) is 19.4. The van der Waals surface area contributed by atoms with Gasteiger partial charge in [-0.15, -0.1) is 0 Å². The number of amides is 1. The Hall–Kier alpha value is -1.92. The van der Waals surface area contributed by atoms with Gasteiger partial charge in [0.15, 0.2) is 0 Å². The van der Waals surface area contributed by atoms with Gasteiger partial charge in [-0.05, 0) is 83.5 Å². The molecule has 3 N–H and O–H groups in total. The lowest BCUT2D eigenvalue weighted by molar-refractivity contribution is -0.143. The second kappa shape index (κ2) is 79.5. The number of nitrogens with one attached hydrogen (secondary N) is 1. The van der Waals surface area contributed by atoms with Gasteiger partial charge in [-0.2, -0.15) is 0 Å². The van der Waals surface area contributed by atoms with Crippen molar-refractivity contribution in [2.45, 2.75) is 475 Å². The zero-order chi connectivity index (χ0) is 64.9. The Labute approximate surface area is 564 Å². The first-order valence-corrected chi connectivity index (χ1v) is 41.2. The summed E-state index contributed by atoms with van der Waals surface area (Å²) in [6.07, 6.45) is 104. The third-order valence-corrected chi connectivity index (χ3v) is 19.4. The number of esters is 1. The van der Waals surface area contributed by atoms with E-state index in [9.17, 15) is 19.8 Å². The quantitative estimate of drug-likeness (QED) is 0.0320. The highest BCUT2D eigenvalue weighted by molar-refractivity contribution is 5.76. The molecule has 0 heterocycles. The van der Waals surface area contributed by atoms with Gasteiger partial charge < -0.3 is 20.3 Å². The second-order valence-corrected chi connectivity index (χ2v) is 28.5. The normalized spacial score (nSPS) is 12.6. The summed E-state index contributed by atoms with van der Waals surface area (Å²) in [6.45, 7) is 4.98. The molecule has 0 saturated carbocycles. The maximum absolute atomic E-state index is 12.6. The van der Waals surface area contributed by atoms with Crippen LogP contribution in [0.1, 0.15) is 463 Å². The molecule has 1 amide bonds. The Morgan fingerprint density at radius 1 is 0.311 bits per heavy atom. The summed E-state index contributed by atoms with van der Waals surface area (Å²) in [6, 6.07) is -0.540. The molecule has 2 unspecified atom stereocenters. The molecule has 0 radical (unpaired) electrons. The number of ether oxygens (including phenoxy) is 1. The lowest BCUT2D eigenvalue weighted by atomic mass is 10.0. The van der Waals surface area contributed by atoms with Gasteiger partial charge in [-0.3, -0.25) is 9.59 Å². The first kappa shape index (κ1) is 88.1. The van der Waals surface area contributed by atoms with Gasteiger partial charge in [0.1, 0.15) is 0 Å². The molecule has 0 spiro atoms. The van der Waals surface area contributed by atoms with Crippen molar-refractivity contribution in [3.05, 3.63) is 36.5 Å². The number of unbranched alkanes of at least 4 members (excludes halogenated alkanes) is 61. The molecule has 0 aliphatic heterocycles. The van der Waals surface area contributed by atoms with Crippen LogP contribution in [0.4, 0.5) is 0 Å². The highest BCUT2D eigenvalue weighted by Gasteiger charge is 2.20. The first-order valence-electron chi connectivity index (χ1n) is 41.2. The summed E-state index contributed by atoms with van der Waals surface area (Å²) >= 11 is 0. The van der Waals surface area contributed by atoms with Crippen LogP contribution in [0.3, 0.4) is 0 Å². The van der Waals surface area contributed by atoms with E-state index in [4.69, 9.17) is 4.74 Å². The Morgan fingerprint density at radius 3 is 0.878 bits per heavy atom. The minimum Gasteiger partial charge on any atom is -0.466 e. The van der Waals surface area contributed by atoms with E-state index >= 15 is 0 Å². The Balaban J connectivity index is 3.34. The number of rotatable bonds is 78. The highest BCUT2D eigenvalue weighted by Crippen LogP contribution is 2.20. The minimum atomic E-state index is -0.663. The molecule has 90 heavy (non-hydrogen) atoms. The monoisotopic (exact) mass is 1260 g/mol. The predicted molar refractivity (Wildman–Crippen MR) is 398 cm³/mol. The lowest BCUT2D eigenvalue weighted by Crippen LogP contribution is -2.45. The molecule has 2 atom stereocenters. The Kier molecular flexibility index (Phi) is 77.8. The summed E-state index contributed by atoms with van der Waals surface area (Å²) in [5.74, 6) is -0.0130. The van der Waals surface area contributed by atoms with Crippen LogP contribution in [0.2, 0.25) is 0 Å². The fourth-order valence-corrected chi connectivity index (χ4v) is 13.1. The average Bonchev–Trinajstić information content (AvgIpc) is 3.67. The van der Waals surface area contributed by atoms with Crippen molar-refractivity contribution >= 4 is 11.9 Å². The van der Waals surface area contributed by atoms with Gasteiger partial charge in [0, 0.05) is 12.8 Å². The van der Waals surface area contributed by atoms with Crippen LogP contribution in [0.25, 0.3) is 0 Å². The molecule has 0 saturated heterocycles. The van der Waals surface area contributed by atoms with Gasteiger partial charge in [-0.25, -0.2) is 0 Å². The lowest BCUT2D eigenvalue weighted by Gasteiger charge is -2.22. The van der Waals surface area contributed by atoms with Crippen molar-refractivity contribution in [2.75, 3.05) is 13.2 Å². The number of allylic oxidation sites excluding steroid dienone is 6. The van der Waals surface area contributed by atoms with Crippen LogP contribution in [0.15, 0.2) is 36.5 Å². The van der Waals surface area contributed by atoms with E-state index in [0.29, 0.717) is 25.9 Å². The van der Waals surface area contributed by atoms with Crippen molar-refractivity contribution in [2.24, 2.45) is 0 Å². The van der Waals surface area contributed by atoms with Crippen molar-refractivity contribution in [1.29, 1.82) is 0 Å². The molecule has 0 rings (SSSR count). The number of hydrogen-bond donors (Lipinski definition) is 3. The van der Waals surface area contributed by atoms with Crippen molar-refractivity contribution in [3.8, 4) is 0 Å². The molecule has 0 fully saturated rings. The van der Waals surface area contributed by atoms with Crippen molar-refractivity contribution < 1.29 is 24.5 Å². The van der Waals surface area contributed by atoms with Gasteiger partial charge in [0.05, 0.1) is 25.4 Å². The fraction of sp³-hybridized carbons (Fsp3) is 0.905. The molecule has 0 aliphatic carbocycles. The molecule has 0 aliphatic rings. The van der Waals surface area contributed by atoms with E-state index < -0.39 is 12.1 Å². The van der Waals surface area contributed by atoms with Crippen molar-refractivity contribution in [1.82, 2.24) is 5.32 Å². The van der Waals surface area contributed by atoms with Crippen LogP contribution < -0.4 is 5.32 Å². The molecular formula is C84H161NO5. The maximum atomic E-state index is 12.6. The number of aliphatic hydroxyl groups is 2. The maximum Gasteiger partial charge on any atom is 0.305 e. The van der Waals surface area contributed by atoms with Gasteiger partial charge in [0.2, 0.25) is 5.91 Å². The highest BCUT2D eigenvalue weighted by atomic mass is 16.5. The van der Waals surface area contributed by atoms with Gasteiger partial charge >= 0.3 is 5.97 Å². The smallest absolute Gasteiger partial charge is 0.305 e. The zero-order valence-corrected chi connectivity index (χ0v) is 61.1. The SMILES string of the molecule is CCCCC/C=C\C/C=C\CCCCCCCCCC(=O)OCCCCCCCCCCCCCCCC/C=C\CCCCCCCCCCCCCCCCCCCC(=O)NC(CO)C(O)CCCCCCCCCCCCCCCCCCCCCCC. The van der Waals surface area contributed by atoms with Crippen LogP contribution >= 0.6 is 0 Å². The number of hydrogen-bond acceptors (Lipinski definition) is 5. The van der Waals surface area contributed by atoms with E-state index in [1.807, 2.05) is 0 Å². The topological polar surface area (TPSA) is 95.9 Å². The van der Waals surface area contributed by atoms with E-state index in [-0.39, 0.29) is 18.5 Å². The van der Waals surface area contributed by atoms with Crippen LogP contribution in [0, 0.1) is 0 Å². The third kappa shape index (κ3) is 75.1. The van der Waals surface area contributed by atoms with Crippen LogP contribution in [-0.4, -0.2) is 47.4 Å². The summed E-state index contributed by atoms with van der Waals surface area (Å²) in [4.78, 5) is 24.7. The molecule has 6 nitrogen and oxygen atoms in total. The van der Waals surface area contributed by atoms with Crippen LogP contribution in [0.5, 0.6) is 0 Å². The molecular weight excluding hydrogens is 1100 g/mol. The fourth-order valence-electron chi connectivity index (χ4n) is 13.1. The summed E-state index contributed by atoms with van der Waals surface area (Å²) in [5, 5.41) is 23.5. The first-order chi connectivity index (χ1) is 44.5. The predicted octanol–water partition coefficient (Wildman–Crippen LogP) is 27.4. The molecule has 0 aromatic rings. The largest absolute Gasteiger partial charge is 0.466 e. The zero-order valence-electron chi connectivity index (χ0n) is 61.1. The Morgan fingerprint density at radius 2 is 0.556 bits per heavy atom. The van der Waals surface area contributed by atoms with E-state index in [1.165, 1.54) is 379 Å². The molecule has 532 valence electrons. The van der Waals surface area contributed by atoms with Crippen LogP contribution in [-0.2, 0) is 14.3 Å². The van der Waals surface area contributed by atoms with E-state index in [2.05, 4.69) is 55.6 Å². The number of carbonyl (C=O) groups excluding carboxylic acids is 2. The molecule has 0 aromatic carbocycles. The van der Waals surface area contributed by atoms with Gasteiger partial charge in [-0.1, -0.05) is 403 Å². The van der Waals surface area contributed by atoms with Gasteiger partial charge in [0.25, 0.3) is 0 Å². The van der Waals surface area contributed by atoms with E-state index in [0.717, 1.165) is 51.4 Å². The average molecular weight is 1270 g/mol. The summed E-state index contributed by atoms with van der Waals surface area (Å²) < 4.78 is 5.51. The summed E-state index contributed by atoms with van der Waals surface area (Å²) in [5.41, 5.74) is 0. The second-order valence-electron chi connectivity index (χ2n) is 28.5. The molecule has 6 heteroatoms. The molecule has 0 aromatic heterocycles. The number of aliphatic hydroxyl groups excluding tert-OH is 2.